The third-order valence-corrected chi connectivity index (χ3v) is 3.36. The van der Waals surface area contributed by atoms with Crippen LogP contribution in [0.15, 0.2) is 0 Å². The summed E-state index contributed by atoms with van der Waals surface area (Å²) in [6.07, 6.45) is 2.50. The van der Waals surface area contributed by atoms with Gasteiger partial charge in [0.05, 0.1) is 6.54 Å². The van der Waals surface area contributed by atoms with Crippen molar-refractivity contribution in [1.29, 1.82) is 0 Å². The van der Waals surface area contributed by atoms with Gasteiger partial charge in [0.2, 0.25) is 0 Å². The Labute approximate surface area is 93.0 Å². The lowest BCUT2D eigenvalue weighted by Gasteiger charge is -2.51. The highest BCUT2D eigenvalue weighted by molar-refractivity contribution is 5.07. The minimum absolute atomic E-state index is 0.503. The van der Waals surface area contributed by atoms with E-state index in [9.17, 15) is 0 Å². The van der Waals surface area contributed by atoms with Crippen molar-refractivity contribution in [1.82, 2.24) is 4.90 Å². The van der Waals surface area contributed by atoms with Crippen molar-refractivity contribution < 1.29 is 4.74 Å². The van der Waals surface area contributed by atoms with Crippen LogP contribution in [0.3, 0.4) is 0 Å². The maximum absolute atomic E-state index is 5.40. The average Bonchev–Trinajstić information content (AvgIpc) is 2.16. The van der Waals surface area contributed by atoms with Crippen molar-refractivity contribution in [2.75, 3.05) is 32.8 Å². The van der Waals surface area contributed by atoms with Crippen LogP contribution in [0, 0.1) is 23.2 Å². The van der Waals surface area contributed by atoms with Gasteiger partial charge < -0.3 is 4.74 Å². The molecule has 0 aromatic rings. The van der Waals surface area contributed by atoms with Crippen molar-refractivity contribution in [3.05, 3.63) is 0 Å². The van der Waals surface area contributed by atoms with Crippen LogP contribution in [0.25, 0.3) is 0 Å². The molecule has 1 spiro atoms. The van der Waals surface area contributed by atoms with E-state index < -0.39 is 0 Å². The standard InChI is InChI=1S/C13H21NO/c1-12(2)4-3-7-14-10-13(11-14)5-8-15-9-6-13/h12H,5-11H2,1-2H3. The molecule has 2 saturated heterocycles. The minimum atomic E-state index is 0.503. The summed E-state index contributed by atoms with van der Waals surface area (Å²) in [6, 6.07) is 0. The SMILES string of the molecule is CC(C)C#CCN1CC2(CCOCC2)C1. The predicted molar refractivity (Wildman–Crippen MR) is 61.5 cm³/mol. The third-order valence-electron chi connectivity index (χ3n) is 3.36. The molecule has 0 aromatic carbocycles. The van der Waals surface area contributed by atoms with Crippen LogP contribution in [-0.2, 0) is 4.74 Å². The van der Waals surface area contributed by atoms with Gasteiger partial charge in [-0.1, -0.05) is 25.7 Å². The van der Waals surface area contributed by atoms with Crippen LogP contribution in [0.2, 0.25) is 0 Å². The summed E-state index contributed by atoms with van der Waals surface area (Å²) in [5.74, 6) is 6.98. The first-order valence-electron chi connectivity index (χ1n) is 5.99. The largest absolute Gasteiger partial charge is 0.381 e. The molecule has 84 valence electrons. The zero-order valence-electron chi connectivity index (χ0n) is 9.88. The van der Waals surface area contributed by atoms with E-state index in [1.165, 1.54) is 25.9 Å². The lowest BCUT2D eigenvalue weighted by Crippen LogP contribution is -2.58. The van der Waals surface area contributed by atoms with Gasteiger partial charge >= 0.3 is 0 Å². The van der Waals surface area contributed by atoms with Gasteiger partial charge in [0.1, 0.15) is 0 Å². The second-order valence-electron chi connectivity index (χ2n) is 5.23. The van der Waals surface area contributed by atoms with Crippen molar-refractivity contribution in [3.63, 3.8) is 0 Å². The van der Waals surface area contributed by atoms with Crippen molar-refractivity contribution in [2.24, 2.45) is 11.3 Å². The fraction of sp³-hybridized carbons (Fsp3) is 0.846. The average molecular weight is 207 g/mol. The summed E-state index contributed by atoms with van der Waals surface area (Å²) in [5, 5.41) is 0. The topological polar surface area (TPSA) is 12.5 Å². The van der Waals surface area contributed by atoms with Gasteiger partial charge in [-0.15, -0.1) is 0 Å². The Hall–Kier alpha value is -0.520. The van der Waals surface area contributed by atoms with E-state index in [0.29, 0.717) is 11.3 Å². The molecule has 2 aliphatic heterocycles. The molecule has 0 saturated carbocycles. The number of hydrogen-bond donors (Lipinski definition) is 0. The van der Waals surface area contributed by atoms with Gasteiger partial charge in [-0.2, -0.15) is 0 Å². The van der Waals surface area contributed by atoms with E-state index in [1.807, 2.05) is 0 Å². The molecule has 2 fully saturated rings. The van der Waals surface area contributed by atoms with E-state index in [1.54, 1.807) is 0 Å². The van der Waals surface area contributed by atoms with Crippen LogP contribution in [0.1, 0.15) is 26.7 Å². The molecular weight excluding hydrogens is 186 g/mol. The normalized spacial score (nSPS) is 24.7. The molecule has 0 atom stereocenters. The van der Waals surface area contributed by atoms with Crippen molar-refractivity contribution >= 4 is 0 Å². The van der Waals surface area contributed by atoms with Gasteiger partial charge in [0.25, 0.3) is 0 Å². The summed E-state index contributed by atoms with van der Waals surface area (Å²) >= 11 is 0. The Morgan fingerprint density at radius 2 is 1.93 bits per heavy atom. The molecule has 2 aliphatic rings. The van der Waals surface area contributed by atoms with Crippen LogP contribution in [0.5, 0.6) is 0 Å². The van der Waals surface area contributed by atoms with Gasteiger partial charge in [0.15, 0.2) is 0 Å². The molecule has 2 heterocycles. The van der Waals surface area contributed by atoms with E-state index in [0.717, 1.165) is 19.8 Å². The smallest absolute Gasteiger partial charge is 0.0602 e. The van der Waals surface area contributed by atoms with Crippen LogP contribution < -0.4 is 0 Å². The van der Waals surface area contributed by atoms with Gasteiger partial charge in [0, 0.05) is 37.6 Å². The number of nitrogens with zero attached hydrogens (tertiary/aromatic N) is 1. The Bertz CT molecular complexity index is 260. The number of likely N-dealkylation sites (tertiary alicyclic amines) is 1. The van der Waals surface area contributed by atoms with Crippen LogP contribution in [-0.4, -0.2) is 37.7 Å². The van der Waals surface area contributed by atoms with E-state index in [2.05, 4.69) is 30.6 Å². The first kappa shape index (κ1) is 11.0. The summed E-state index contributed by atoms with van der Waals surface area (Å²) in [6.45, 7) is 9.65. The van der Waals surface area contributed by atoms with Gasteiger partial charge in [-0.25, -0.2) is 0 Å². The lowest BCUT2D eigenvalue weighted by atomic mass is 9.73. The first-order chi connectivity index (χ1) is 7.20. The molecule has 0 aliphatic carbocycles. The maximum Gasteiger partial charge on any atom is 0.0602 e. The fourth-order valence-corrected chi connectivity index (χ4v) is 2.50. The Morgan fingerprint density at radius 1 is 1.27 bits per heavy atom. The number of rotatable bonds is 1. The van der Waals surface area contributed by atoms with Gasteiger partial charge in [-0.05, 0) is 12.8 Å². The zero-order valence-corrected chi connectivity index (χ0v) is 9.88. The monoisotopic (exact) mass is 207 g/mol. The van der Waals surface area contributed by atoms with E-state index >= 15 is 0 Å². The molecule has 0 unspecified atom stereocenters. The van der Waals surface area contributed by atoms with Gasteiger partial charge in [-0.3, -0.25) is 4.90 Å². The predicted octanol–water partition coefficient (Wildman–Crippen LogP) is 1.76. The Kier molecular flexibility index (Phi) is 3.33. The molecule has 0 amide bonds. The first-order valence-corrected chi connectivity index (χ1v) is 5.99. The molecule has 15 heavy (non-hydrogen) atoms. The van der Waals surface area contributed by atoms with E-state index in [4.69, 9.17) is 4.74 Å². The molecule has 0 aromatic heterocycles. The van der Waals surface area contributed by atoms with E-state index in [-0.39, 0.29) is 0 Å². The molecule has 2 rings (SSSR count). The summed E-state index contributed by atoms with van der Waals surface area (Å²) in [4.78, 5) is 2.46. The summed E-state index contributed by atoms with van der Waals surface area (Å²) in [7, 11) is 0. The molecule has 0 radical (unpaired) electrons. The summed E-state index contributed by atoms with van der Waals surface area (Å²) < 4.78 is 5.40. The van der Waals surface area contributed by atoms with Crippen molar-refractivity contribution in [3.8, 4) is 11.8 Å². The highest BCUT2D eigenvalue weighted by Gasteiger charge is 2.43. The lowest BCUT2D eigenvalue weighted by molar-refractivity contribution is -0.0750. The highest BCUT2D eigenvalue weighted by atomic mass is 16.5. The highest BCUT2D eigenvalue weighted by Crippen LogP contribution is 2.39. The molecule has 0 N–H and O–H groups in total. The quantitative estimate of drug-likeness (QED) is 0.607. The number of ether oxygens (including phenoxy) is 1. The molecular formula is C13H21NO. The maximum atomic E-state index is 5.40. The Balaban J connectivity index is 1.71. The van der Waals surface area contributed by atoms with Crippen LogP contribution >= 0.6 is 0 Å². The molecule has 2 heteroatoms. The summed E-state index contributed by atoms with van der Waals surface area (Å²) in [5.41, 5.74) is 0.595. The van der Waals surface area contributed by atoms with Crippen LogP contribution in [0.4, 0.5) is 0 Å². The fourth-order valence-electron chi connectivity index (χ4n) is 2.50. The second kappa shape index (κ2) is 4.55. The van der Waals surface area contributed by atoms with Crippen molar-refractivity contribution in [2.45, 2.75) is 26.7 Å². The minimum Gasteiger partial charge on any atom is -0.381 e. The molecule has 2 nitrogen and oxygen atoms in total. The zero-order chi connectivity index (χ0) is 10.7. The number of hydrogen-bond acceptors (Lipinski definition) is 2. The second-order valence-corrected chi connectivity index (χ2v) is 5.23. The Morgan fingerprint density at radius 3 is 2.53 bits per heavy atom. The molecule has 0 bridgehead atoms. The third kappa shape index (κ3) is 2.74.